The van der Waals surface area contributed by atoms with Crippen molar-refractivity contribution in [2.24, 2.45) is 11.8 Å². The molecule has 1 nitrogen and oxygen atoms in total. The molecule has 0 spiro atoms. The van der Waals surface area contributed by atoms with Crippen molar-refractivity contribution >= 4 is 0 Å². The maximum Gasteiger partial charge on any atom is 0.000973 e. The molecule has 1 rings (SSSR count). The molecule has 1 aliphatic rings. The Morgan fingerprint density at radius 1 is 1.27 bits per heavy atom. The lowest BCUT2D eigenvalue weighted by Gasteiger charge is -2.21. The molecule has 0 radical (unpaired) electrons. The maximum absolute atomic E-state index is 2.49. The van der Waals surface area contributed by atoms with E-state index in [1.165, 1.54) is 45.2 Å². The summed E-state index contributed by atoms with van der Waals surface area (Å²) in [5.74, 6) is 2.01. The Kier molecular flexibility index (Phi) is 9.18. The van der Waals surface area contributed by atoms with E-state index >= 15 is 0 Å². The molecular weight excluding hydrogens is 182 g/mol. The number of nitrogens with zero attached hydrogens (tertiary/aromatic N) is 1. The average molecular weight is 213 g/mol. The zero-order valence-corrected chi connectivity index (χ0v) is 11.6. The third-order valence-electron chi connectivity index (χ3n) is 3.55. The van der Waals surface area contributed by atoms with Crippen molar-refractivity contribution in [1.82, 2.24) is 4.90 Å². The van der Waals surface area contributed by atoms with Crippen molar-refractivity contribution in [3.05, 3.63) is 0 Å². The number of unbranched alkanes of at least 4 members (excludes halogenated alkanes) is 1. The highest BCUT2D eigenvalue weighted by Crippen LogP contribution is 2.29. The maximum atomic E-state index is 2.49. The van der Waals surface area contributed by atoms with E-state index in [0.717, 1.165) is 11.8 Å². The van der Waals surface area contributed by atoms with E-state index in [2.05, 4.69) is 25.8 Å². The first-order valence-electron chi connectivity index (χ1n) is 6.96. The van der Waals surface area contributed by atoms with Crippen molar-refractivity contribution in [3.63, 3.8) is 0 Å². The number of hydrogen-bond donors (Lipinski definition) is 0. The van der Waals surface area contributed by atoms with Crippen LogP contribution in [0.2, 0.25) is 0 Å². The van der Waals surface area contributed by atoms with Gasteiger partial charge in [0.25, 0.3) is 0 Å². The lowest BCUT2D eigenvalue weighted by atomic mass is 9.85. The summed E-state index contributed by atoms with van der Waals surface area (Å²) < 4.78 is 0. The molecule has 2 atom stereocenters. The Balaban J connectivity index is 0.000000921. The summed E-state index contributed by atoms with van der Waals surface area (Å²) in [6, 6.07) is 0. The van der Waals surface area contributed by atoms with Crippen LogP contribution in [0.3, 0.4) is 0 Å². The van der Waals surface area contributed by atoms with E-state index in [0.29, 0.717) is 0 Å². The van der Waals surface area contributed by atoms with Crippen LogP contribution in [-0.4, -0.2) is 25.0 Å². The zero-order chi connectivity index (χ0) is 11.7. The Morgan fingerprint density at radius 2 is 1.93 bits per heavy atom. The predicted molar refractivity (Wildman–Crippen MR) is 70.3 cm³/mol. The molecule has 1 heterocycles. The van der Waals surface area contributed by atoms with Crippen LogP contribution in [0.5, 0.6) is 0 Å². The molecule has 92 valence electrons. The van der Waals surface area contributed by atoms with Gasteiger partial charge in [-0.2, -0.15) is 0 Å². The Hall–Kier alpha value is -0.0400. The van der Waals surface area contributed by atoms with Crippen LogP contribution in [-0.2, 0) is 0 Å². The van der Waals surface area contributed by atoms with Crippen molar-refractivity contribution < 1.29 is 0 Å². The SMILES string of the molecule is CC.CCCCC(CC)C1CCN(C)C1. The van der Waals surface area contributed by atoms with Crippen LogP contribution in [0.4, 0.5) is 0 Å². The second kappa shape index (κ2) is 9.21. The predicted octanol–water partition coefficient (Wildman–Crippen LogP) is 4.18. The van der Waals surface area contributed by atoms with Crippen molar-refractivity contribution in [2.45, 2.75) is 59.8 Å². The van der Waals surface area contributed by atoms with E-state index in [1.807, 2.05) is 13.8 Å². The molecule has 0 aliphatic carbocycles. The van der Waals surface area contributed by atoms with E-state index < -0.39 is 0 Å². The van der Waals surface area contributed by atoms with E-state index in [1.54, 1.807) is 0 Å². The standard InChI is InChI=1S/C12H25N.C2H6/c1-4-6-7-11(5-2)12-8-9-13(3)10-12;1-2/h11-12H,4-10H2,1-3H3;1-2H3. The van der Waals surface area contributed by atoms with E-state index in [9.17, 15) is 0 Å². The molecule has 1 fully saturated rings. The number of hydrogen-bond acceptors (Lipinski definition) is 1. The van der Waals surface area contributed by atoms with Crippen LogP contribution >= 0.6 is 0 Å². The van der Waals surface area contributed by atoms with Crippen LogP contribution in [0.25, 0.3) is 0 Å². The van der Waals surface area contributed by atoms with Crippen molar-refractivity contribution in [1.29, 1.82) is 0 Å². The Bertz CT molecular complexity index is 133. The van der Waals surface area contributed by atoms with Gasteiger partial charge in [-0.3, -0.25) is 0 Å². The highest BCUT2D eigenvalue weighted by Gasteiger charge is 2.25. The minimum Gasteiger partial charge on any atom is -0.306 e. The van der Waals surface area contributed by atoms with Gasteiger partial charge in [-0.1, -0.05) is 53.4 Å². The Labute approximate surface area is 97.2 Å². The normalized spacial score (nSPS) is 23.4. The van der Waals surface area contributed by atoms with Gasteiger partial charge in [0, 0.05) is 6.54 Å². The molecule has 0 aromatic rings. The quantitative estimate of drug-likeness (QED) is 0.662. The molecule has 0 amide bonds. The minimum absolute atomic E-state index is 1.00. The third-order valence-corrected chi connectivity index (χ3v) is 3.55. The van der Waals surface area contributed by atoms with Crippen LogP contribution in [0.1, 0.15) is 59.8 Å². The summed E-state index contributed by atoms with van der Waals surface area (Å²) in [5.41, 5.74) is 0. The van der Waals surface area contributed by atoms with Gasteiger partial charge in [-0.05, 0) is 31.8 Å². The first-order chi connectivity index (χ1) is 7.27. The molecule has 0 aromatic carbocycles. The fraction of sp³-hybridized carbons (Fsp3) is 1.00. The van der Waals surface area contributed by atoms with Crippen molar-refractivity contribution in [2.75, 3.05) is 20.1 Å². The summed E-state index contributed by atoms with van der Waals surface area (Å²) in [7, 11) is 2.26. The van der Waals surface area contributed by atoms with Gasteiger partial charge in [0.15, 0.2) is 0 Å². The molecular formula is C14H31N. The first-order valence-corrected chi connectivity index (χ1v) is 6.96. The largest absolute Gasteiger partial charge is 0.306 e. The average Bonchev–Trinajstić information content (AvgIpc) is 2.69. The number of likely N-dealkylation sites (tertiary alicyclic amines) is 1. The van der Waals surface area contributed by atoms with E-state index in [4.69, 9.17) is 0 Å². The molecule has 0 aromatic heterocycles. The summed E-state index contributed by atoms with van der Waals surface area (Å²) in [5, 5.41) is 0. The second-order valence-corrected chi connectivity index (χ2v) is 4.62. The highest BCUT2D eigenvalue weighted by atomic mass is 15.1. The molecule has 0 bridgehead atoms. The summed E-state index contributed by atoms with van der Waals surface area (Å²) in [6.45, 7) is 11.3. The van der Waals surface area contributed by atoms with Crippen LogP contribution < -0.4 is 0 Å². The van der Waals surface area contributed by atoms with Gasteiger partial charge >= 0.3 is 0 Å². The summed E-state index contributed by atoms with van der Waals surface area (Å²) in [4.78, 5) is 2.49. The van der Waals surface area contributed by atoms with Gasteiger partial charge in [0.2, 0.25) is 0 Å². The smallest absolute Gasteiger partial charge is 0.000973 e. The van der Waals surface area contributed by atoms with Crippen LogP contribution in [0, 0.1) is 11.8 Å². The molecule has 1 heteroatoms. The molecule has 1 saturated heterocycles. The monoisotopic (exact) mass is 213 g/mol. The van der Waals surface area contributed by atoms with Gasteiger partial charge in [0.05, 0.1) is 0 Å². The first kappa shape index (κ1) is 15.0. The fourth-order valence-corrected chi connectivity index (χ4v) is 2.59. The lowest BCUT2D eigenvalue weighted by molar-refractivity contribution is 0.290. The van der Waals surface area contributed by atoms with Crippen molar-refractivity contribution in [3.8, 4) is 0 Å². The molecule has 0 N–H and O–H groups in total. The third kappa shape index (κ3) is 5.55. The highest BCUT2D eigenvalue weighted by molar-refractivity contribution is 4.78. The number of rotatable bonds is 5. The summed E-state index contributed by atoms with van der Waals surface area (Å²) in [6.07, 6.45) is 7.08. The zero-order valence-electron chi connectivity index (χ0n) is 11.6. The van der Waals surface area contributed by atoms with Gasteiger partial charge < -0.3 is 4.90 Å². The topological polar surface area (TPSA) is 3.24 Å². The van der Waals surface area contributed by atoms with E-state index in [-0.39, 0.29) is 0 Å². The minimum atomic E-state index is 1.00. The Morgan fingerprint density at radius 3 is 2.33 bits per heavy atom. The second-order valence-electron chi connectivity index (χ2n) is 4.62. The van der Waals surface area contributed by atoms with Gasteiger partial charge in [0.1, 0.15) is 0 Å². The summed E-state index contributed by atoms with van der Waals surface area (Å²) >= 11 is 0. The molecule has 2 unspecified atom stereocenters. The van der Waals surface area contributed by atoms with Gasteiger partial charge in [-0.25, -0.2) is 0 Å². The lowest BCUT2D eigenvalue weighted by Crippen LogP contribution is -2.19. The fourth-order valence-electron chi connectivity index (χ4n) is 2.59. The van der Waals surface area contributed by atoms with Gasteiger partial charge in [-0.15, -0.1) is 0 Å². The molecule has 0 saturated carbocycles. The molecule has 15 heavy (non-hydrogen) atoms. The molecule has 1 aliphatic heterocycles. The van der Waals surface area contributed by atoms with Crippen LogP contribution in [0.15, 0.2) is 0 Å².